The second kappa shape index (κ2) is 13.3. The Hall–Kier alpha value is -1.84. The number of hydrogen-bond acceptors (Lipinski definition) is 6. The van der Waals surface area contributed by atoms with Crippen molar-refractivity contribution in [2.75, 3.05) is 26.4 Å². The number of aliphatic carboxylic acids is 1. The summed E-state index contributed by atoms with van der Waals surface area (Å²) in [6.07, 6.45) is 3.61. The molecular formula is C26H37FN2O4S. The Balaban J connectivity index is 1.41. The summed E-state index contributed by atoms with van der Waals surface area (Å²) in [4.78, 5) is 14.3. The molecule has 1 fully saturated rings. The summed E-state index contributed by atoms with van der Waals surface area (Å²) >= 11 is 1.55. The number of ether oxygens (including phenoxy) is 1. The molecule has 2 unspecified atom stereocenters. The van der Waals surface area contributed by atoms with Gasteiger partial charge in [0.1, 0.15) is 5.82 Å². The number of aliphatic hydroxyl groups is 1. The Morgan fingerprint density at radius 2 is 2.21 bits per heavy atom. The Kier molecular flexibility index (Phi) is 10.5. The fourth-order valence-electron chi connectivity index (χ4n) is 4.52. The van der Waals surface area contributed by atoms with Gasteiger partial charge in [-0.3, -0.25) is 9.69 Å². The van der Waals surface area contributed by atoms with Gasteiger partial charge in [-0.15, -0.1) is 11.3 Å². The van der Waals surface area contributed by atoms with Crippen molar-refractivity contribution in [2.45, 2.75) is 70.6 Å². The summed E-state index contributed by atoms with van der Waals surface area (Å²) in [6, 6.07) is 7.86. The molecule has 3 N–H and O–H groups in total. The summed E-state index contributed by atoms with van der Waals surface area (Å²) < 4.78 is 19.9. The van der Waals surface area contributed by atoms with Gasteiger partial charge in [-0.2, -0.15) is 0 Å². The number of thiophene rings is 1. The van der Waals surface area contributed by atoms with Crippen LogP contribution in [-0.4, -0.2) is 59.6 Å². The lowest BCUT2D eigenvalue weighted by molar-refractivity contribution is -0.136. The number of hydrogen-bond donors (Lipinski definition) is 3. The lowest BCUT2D eigenvalue weighted by atomic mass is 10.0. The van der Waals surface area contributed by atoms with Gasteiger partial charge in [0.15, 0.2) is 0 Å². The van der Waals surface area contributed by atoms with Crippen LogP contribution >= 0.6 is 11.3 Å². The molecule has 0 aliphatic carbocycles. The molecule has 0 bridgehead atoms. The number of likely N-dealkylation sites (tertiary alicyclic amines) is 1. The van der Waals surface area contributed by atoms with Crippen LogP contribution < -0.4 is 5.32 Å². The van der Waals surface area contributed by atoms with E-state index in [0.717, 1.165) is 48.2 Å². The van der Waals surface area contributed by atoms with Crippen LogP contribution in [0.15, 0.2) is 29.6 Å². The number of aryl methyl sites for hydroxylation is 2. The molecule has 0 amide bonds. The molecule has 1 aromatic carbocycles. The number of nitrogens with one attached hydrogen (secondary N) is 1. The first-order chi connectivity index (χ1) is 16.4. The van der Waals surface area contributed by atoms with Crippen molar-refractivity contribution in [3.05, 3.63) is 57.0 Å². The highest BCUT2D eigenvalue weighted by atomic mass is 32.1. The lowest BCUT2D eigenvalue weighted by Gasteiger charge is -2.26. The maximum atomic E-state index is 13.9. The number of carboxylic acids is 1. The fraction of sp³-hybridized carbons (Fsp3) is 0.577. The van der Waals surface area contributed by atoms with E-state index < -0.39 is 12.1 Å². The first kappa shape index (κ1) is 26.8. The van der Waals surface area contributed by atoms with E-state index in [1.165, 1.54) is 0 Å². The molecule has 0 spiro atoms. The first-order valence-corrected chi connectivity index (χ1v) is 13.0. The lowest BCUT2D eigenvalue weighted by Crippen LogP contribution is -2.42. The van der Waals surface area contributed by atoms with Crippen molar-refractivity contribution < 1.29 is 24.1 Å². The molecule has 1 aliphatic rings. The van der Waals surface area contributed by atoms with Crippen LogP contribution in [0.1, 0.15) is 60.3 Å². The molecule has 0 saturated carbocycles. The Morgan fingerprint density at radius 3 is 2.94 bits per heavy atom. The molecule has 2 heterocycles. The van der Waals surface area contributed by atoms with E-state index in [2.05, 4.69) is 10.2 Å². The van der Waals surface area contributed by atoms with Crippen LogP contribution in [0.5, 0.6) is 0 Å². The molecule has 1 saturated heterocycles. The van der Waals surface area contributed by atoms with Crippen molar-refractivity contribution in [3.63, 3.8) is 0 Å². The van der Waals surface area contributed by atoms with Gasteiger partial charge in [0.2, 0.25) is 0 Å². The average molecular weight is 493 g/mol. The third-order valence-electron chi connectivity index (χ3n) is 6.45. The minimum Gasteiger partial charge on any atom is -0.481 e. The van der Waals surface area contributed by atoms with E-state index in [1.807, 2.05) is 30.5 Å². The van der Waals surface area contributed by atoms with Gasteiger partial charge in [0.25, 0.3) is 0 Å². The van der Waals surface area contributed by atoms with Crippen LogP contribution in [0.3, 0.4) is 0 Å². The van der Waals surface area contributed by atoms with Gasteiger partial charge in [0, 0.05) is 24.1 Å². The minimum atomic E-state index is -0.805. The van der Waals surface area contributed by atoms with Gasteiger partial charge < -0.3 is 20.3 Å². The first-order valence-electron chi connectivity index (χ1n) is 12.1. The van der Waals surface area contributed by atoms with Crippen molar-refractivity contribution in [3.8, 4) is 0 Å². The number of carboxylic acid groups (broad SMARTS) is 1. The molecule has 188 valence electrons. The number of aliphatic hydroxyl groups excluding tert-OH is 1. The third-order valence-corrected chi connectivity index (χ3v) is 7.45. The average Bonchev–Trinajstić information content (AvgIpc) is 3.45. The van der Waals surface area contributed by atoms with Gasteiger partial charge in [-0.25, -0.2) is 4.39 Å². The quantitative estimate of drug-likeness (QED) is 0.365. The number of rotatable bonds is 14. The Labute approximate surface area is 205 Å². The molecule has 8 heteroatoms. The van der Waals surface area contributed by atoms with Crippen LogP contribution in [0.2, 0.25) is 0 Å². The largest absolute Gasteiger partial charge is 0.481 e. The van der Waals surface area contributed by atoms with Crippen LogP contribution in [0.25, 0.3) is 0 Å². The van der Waals surface area contributed by atoms with Crippen molar-refractivity contribution >= 4 is 17.3 Å². The Morgan fingerprint density at radius 1 is 1.38 bits per heavy atom. The summed E-state index contributed by atoms with van der Waals surface area (Å²) in [5.41, 5.74) is 2.72. The van der Waals surface area contributed by atoms with Crippen LogP contribution in [0, 0.1) is 12.7 Å². The van der Waals surface area contributed by atoms with Crippen LogP contribution in [-0.2, 0) is 22.4 Å². The molecule has 34 heavy (non-hydrogen) atoms. The number of benzene rings is 1. The summed E-state index contributed by atoms with van der Waals surface area (Å²) in [6.45, 7) is 6.12. The highest BCUT2D eigenvalue weighted by Gasteiger charge is 2.25. The van der Waals surface area contributed by atoms with Gasteiger partial charge in [0.05, 0.1) is 25.2 Å². The van der Waals surface area contributed by atoms with Crippen LogP contribution in [0.4, 0.5) is 4.39 Å². The van der Waals surface area contributed by atoms with E-state index in [4.69, 9.17) is 9.84 Å². The zero-order chi connectivity index (χ0) is 24.5. The topological polar surface area (TPSA) is 82.0 Å². The SMILES string of the molecule is CCC(OC[C@H](O)CNCN1CCCC1Cc1ccc(C)c(F)c1)c1ccsc1CCC(=O)O. The smallest absolute Gasteiger partial charge is 0.303 e. The standard InChI is InChI=1S/C26H37FN2O4S/c1-3-24(22-10-12-34-25(22)8-9-26(31)32)33-16-21(30)15-28-17-29-11-4-5-20(29)13-19-7-6-18(2)23(27)14-19/h6-7,10,12,14,20-21,24,28,30H,3-5,8-9,11,13,15-17H2,1-2H3,(H,31,32)/t20?,21-,24?/m1/s1. The maximum absolute atomic E-state index is 13.9. The molecule has 0 radical (unpaired) electrons. The summed E-state index contributed by atoms with van der Waals surface area (Å²) in [7, 11) is 0. The van der Waals surface area contributed by atoms with Crippen molar-refractivity contribution in [1.29, 1.82) is 0 Å². The van der Waals surface area contributed by atoms with E-state index in [-0.39, 0.29) is 24.9 Å². The zero-order valence-electron chi connectivity index (χ0n) is 20.1. The van der Waals surface area contributed by atoms with E-state index in [1.54, 1.807) is 24.3 Å². The Bertz CT molecular complexity index is 922. The highest BCUT2D eigenvalue weighted by molar-refractivity contribution is 7.10. The minimum absolute atomic E-state index is 0.104. The summed E-state index contributed by atoms with van der Waals surface area (Å²) in [5, 5.41) is 24.7. The molecular weight excluding hydrogens is 455 g/mol. The second-order valence-electron chi connectivity index (χ2n) is 9.09. The third kappa shape index (κ3) is 7.85. The van der Waals surface area contributed by atoms with E-state index in [9.17, 15) is 14.3 Å². The maximum Gasteiger partial charge on any atom is 0.303 e. The monoisotopic (exact) mass is 492 g/mol. The molecule has 6 nitrogen and oxygen atoms in total. The zero-order valence-corrected chi connectivity index (χ0v) is 21.0. The van der Waals surface area contributed by atoms with E-state index in [0.29, 0.717) is 31.2 Å². The van der Waals surface area contributed by atoms with Gasteiger partial charge in [-0.1, -0.05) is 19.1 Å². The number of halogens is 1. The molecule has 2 aromatic rings. The van der Waals surface area contributed by atoms with Gasteiger partial charge in [-0.05, 0) is 79.8 Å². The predicted octanol–water partition coefficient (Wildman–Crippen LogP) is 4.30. The van der Waals surface area contributed by atoms with Crippen molar-refractivity contribution in [2.24, 2.45) is 0 Å². The second-order valence-corrected chi connectivity index (χ2v) is 10.1. The molecule has 1 aromatic heterocycles. The predicted molar refractivity (Wildman–Crippen MR) is 133 cm³/mol. The molecule has 3 atom stereocenters. The van der Waals surface area contributed by atoms with Gasteiger partial charge >= 0.3 is 5.97 Å². The highest BCUT2D eigenvalue weighted by Crippen LogP contribution is 2.30. The summed E-state index contributed by atoms with van der Waals surface area (Å²) in [5.74, 6) is -0.953. The molecule has 1 aliphatic heterocycles. The van der Waals surface area contributed by atoms with E-state index >= 15 is 0 Å². The number of nitrogens with zero attached hydrogens (tertiary/aromatic N) is 1. The normalized spacial score (nSPS) is 18.3. The van der Waals surface area contributed by atoms with Crippen molar-refractivity contribution in [1.82, 2.24) is 10.2 Å². The molecule has 3 rings (SSSR count). The fourth-order valence-corrected chi connectivity index (χ4v) is 5.45. The number of carbonyl (C=O) groups is 1.